The summed E-state index contributed by atoms with van der Waals surface area (Å²) in [5.74, 6) is -0.300. The Morgan fingerprint density at radius 1 is 0.932 bits per heavy atom. The Kier molecular flexibility index (Phi) is 7.70. The summed E-state index contributed by atoms with van der Waals surface area (Å²) < 4.78 is 40.1. The lowest BCUT2D eigenvalue weighted by Crippen LogP contribution is -2.21. The van der Waals surface area contributed by atoms with Gasteiger partial charge in [0, 0.05) is 52.8 Å². The van der Waals surface area contributed by atoms with Crippen molar-refractivity contribution in [2.45, 2.75) is 26.8 Å². The van der Waals surface area contributed by atoms with Gasteiger partial charge in [-0.05, 0) is 65.6 Å². The predicted octanol–water partition coefficient (Wildman–Crippen LogP) is 6.01. The maximum absolute atomic E-state index is 14.6. The Morgan fingerprint density at radius 3 is 2.55 bits per heavy atom. The van der Waals surface area contributed by atoms with Crippen LogP contribution in [0.4, 0.5) is 10.1 Å². The third kappa shape index (κ3) is 6.36. The largest absolute Gasteiger partial charge is 0.353 e. The second-order valence-electron chi connectivity index (χ2n) is 11.2. The number of rotatable bonds is 9. The van der Waals surface area contributed by atoms with E-state index in [0.717, 1.165) is 44.9 Å². The molecular formula is C32H30FN7O3S. The van der Waals surface area contributed by atoms with E-state index in [-0.39, 0.29) is 18.4 Å². The molecule has 0 atom stereocenters. The zero-order valence-corrected chi connectivity index (χ0v) is 25.1. The van der Waals surface area contributed by atoms with Gasteiger partial charge in [-0.25, -0.2) is 17.5 Å². The number of benzene rings is 2. The van der Waals surface area contributed by atoms with Gasteiger partial charge in [0.05, 0.1) is 35.0 Å². The lowest BCUT2D eigenvalue weighted by atomic mass is 10.0. The van der Waals surface area contributed by atoms with Crippen molar-refractivity contribution in [2.75, 3.05) is 11.6 Å². The Hall–Kier alpha value is -4.94. The van der Waals surface area contributed by atoms with Gasteiger partial charge in [-0.2, -0.15) is 5.10 Å². The van der Waals surface area contributed by atoms with Crippen molar-refractivity contribution in [1.29, 1.82) is 0 Å². The van der Waals surface area contributed by atoms with Gasteiger partial charge in [-0.3, -0.25) is 19.9 Å². The molecule has 6 rings (SSSR count). The van der Waals surface area contributed by atoms with E-state index in [9.17, 15) is 17.6 Å². The quantitative estimate of drug-likeness (QED) is 0.158. The van der Waals surface area contributed by atoms with Gasteiger partial charge in [0.25, 0.3) is 0 Å². The van der Waals surface area contributed by atoms with E-state index in [2.05, 4.69) is 35.2 Å². The SMILES string of the molecule is CC(C)CC(=O)Nc1cncc(-c2ccc3[nH]nc(-c4cc5c(-c6cc(F)cc(CNS(C)(=O)=O)c6)nccc5[nH]4)c3c2)c1. The number of nitrogens with zero attached hydrogens (tertiary/aromatic N) is 3. The molecule has 0 spiro atoms. The third-order valence-electron chi connectivity index (χ3n) is 7.08. The number of carbonyl (C=O) groups excluding carboxylic acids is 1. The number of sulfonamides is 1. The van der Waals surface area contributed by atoms with Gasteiger partial charge >= 0.3 is 0 Å². The second-order valence-corrected chi connectivity index (χ2v) is 13.0. The first kappa shape index (κ1) is 29.1. The fourth-order valence-corrected chi connectivity index (χ4v) is 5.59. The van der Waals surface area contributed by atoms with Crippen LogP contribution < -0.4 is 10.0 Å². The molecule has 4 aromatic heterocycles. The summed E-state index contributed by atoms with van der Waals surface area (Å²) in [5, 5.41) is 12.2. The first-order valence-corrected chi connectivity index (χ1v) is 15.9. The van der Waals surface area contributed by atoms with Crippen molar-refractivity contribution in [1.82, 2.24) is 29.9 Å². The fraction of sp³-hybridized carbons (Fsp3) is 0.188. The molecule has 0 aliphatic carbocycles. The number of H-pyrrole nitrogens is 2. The van der Waals surface area contributed by atoms with E-state index in [0.29, 0.717) is 34.6 Å². The molecule has 0 saturated carbocycles. The molecule has 0 saturated heterocycles. The van der Waals surface area contributed by atoms with Gasteiger partial charge in [-0.1, -0.05) is 19.9 Å². The summed E-state index contributed by atoms with van der Waals surface area (Å²) in [6.45, 7) is 3.95. The average Bonchev–Trinajstić information content (AvgIpc) is 3.59. The number of aromatic nitrogens is 5. The number of fused-ring (bicyclic) bond motifs is 2. The van der Waals surface area contributed by atoms with Crippen molar-refractivity contribution in [2.24, 2.45) is 5.92 Å². The van der Waals surface area contributed by atoms with Crippen LogP contribution in [-0.2, 0) is 21.4 Å². The number of pyridine rings is 2. The number of halogens is 1. The molecule has 0 unspecified atom stereocenters. The van der Waals surface area contributed by atoms with Crippen LogP contribution >= 0.6 is 0 Å². The van der Waals surface area contributed by atoms with Crippen LogP contribution in [0.15, 0.2) is 73.2 Å². The van der Waals surface area contributed by atoms with E-state index in [1.54, 1.807) is 24.7 Å². The number of hydrogen-bond donors (Lipinski definition) is 4. The average molecular weight is 612 g/mol. The molecule has 0 radical (unpaired) electrons. The summed E-state index contributed by atoms with van der Waals surface area (Å²) >= 11 is 0. The van der Waals surface area contributed by atoms with Gasteiger partial charge in [-0.15, -0.1) is 0 Å². The van der Waals surface area contributed by atoms with E-state index >= 15 is 0 Å². The highest BCUT2D eigenvalue weighted by molar-refractivity contribution is 7.88. The van der Waals surface area contributed by atoms with Crippen LogP contribution in [0.25, 0.3) is 55.6 Å². The smallest absolute Gasteiger partial charge is 0.224 e. The van der Waals surface area contributed by atoms with Gasteiger partial charge in [0.15, 0.2) is 0 Å². The Morgan fingerprint density at radius 2 is 1.75 bits per heavy atom. The van der Waals surface area contributed by atoms with Crippen LogP contribution in [0.2, 0.25) is 0 Å². The molecule has 0 bridgehead atoms. The van der Waals surface area contributed by atoms with E-state index in [4.69, 9.17) is 0 Å². The van der Waals surface area contributed by atoms with Crippen molar-refractivity contribution in [3.05, 3.63) is 84.6 Å². The van der Waals surface area contributed by atoms with Crippen LogP contribution in [0.5, 0.6) is 0 Å². The molecule has 44 heavy (non-hydrogen) atoms. The lowest BCUT2D eigenvalue weighted by molar-refractivity contribution is -0.116. The Balaban J connectivity index is 1.36. The predicted molar refractivity (Wildman–Crippen MR) is 170 cm³/mol. The molecule has 4 heterocycles. The molecule has 10 nitrogen and oxygen atoms in total. The maximum Gasteiger partial charge on any atom is 0.224 e. The standard InChI is InChI=1S/C32H30FN7O3S/c1-18(2)8-30(41)37-24-12-22(16-34-17-24)20-4-5-28-25(13-20)32(40-39-28)29-14-26-27(38-29)6-7-35-31(26)21-9-19(10-23(33)11-21)15-36-44(3,42)43/h4-7,9-14,16-18,36,38H,8,15H2,1-3H3,(H,37,41)(H,39,40). The van der Waals surface area contributed by atoms with Crippen LogP contribution in [0.1, 0.15) is 25.8 Å². The minimum atomic E-state index is -3.44. The number of nitrogens with one attached hydrogen (secondary N) is 4. The van der Waals surface area contributed by atoms with Crippen molar-refractivity contribution in [3.63, 3.8) is 0 Å². The summed E-state index contributed by atoms with van der Waals surface area (Å²) in [6.07, 6.45) is 6.50. The molecule has 1 amide bonds. The third-order valence-corrected chi connectivity index (χ3v) is 7.75. The van der Waals surface area contributed by atoms with Gasteiger partial charge in [0.1, 0.15) is 11.5 Å². The first-order valence-electron chi connectivity index (χ1n) is 14.0. The number of carbonyl (C=O) groups is 1. The maximum atomic E-state index is 14.6. The van der Waals surface area contributed by atoms with Crippen molar-refractivity contribution >= 4 is 43.4 Å². The minimum absolute atomic E-state index is 0.0394. The molecule has 0 aliphatic rings. The van der Waals surface area contributed by atoms with E-state index in [1.165, 1.54) is 12.1 Å². The molecule has 0 aliphatic heterocycles. The van der Waals surface area contributed by atoms with Crippen molar-refractivity contribution in [3.8, 4) is 33.8 Å². The Bertz CT molecular complexity index is 2140. The number of anilines is 1. The molecule has 4 N–H and O–H groups in total. The highest BCUT2D eigenvalue weighted by Gasteiger charge is 2.16. The lowest BCUT2D eigenvalue weighted by Gasteiger charge is -2.09. The Labute approximate surface area is 253 Å². The molecule has 224 valence electrons. The molecule has 12 heteroatoms. The highest BCUT2D eigenvalue weighted by atomic mass is 32.2. The van der Waals surface area contributed by atoms with Crippen LogP contribution in [-0.4, -0.2) is 45.7 Å². The highest BCUT2D eigenvalue weighted by Crippen LogP contribution is 2.35. The van der Waals surface area contributed by atoms with E-state index < -0.39 is 15.8 Å². The van der Waals surface area contributed by atoms with Crippen LogP contribution in [0, 0.1) is 11.7 Å². The first-order chi connectivity index (χ1) is 21.0. The zero-order chi connectivity index (χ0) is 31.0. The van der Waals surface area contributed by atoms with Crippen molar-refractivity contribution < 1.29 is 17.6 Å². The number of amides is 1. The normalized spacial score (nSPS) is 11.9. The number of hydrogen-bond acceptors (Lipinski definition) is 6. The monoisotopic (exact) mass is 611 g/mol. The topological polar surface area (TPSA) is 146 Å². The zero-order valence-electron chi connectivity index (χ0n) is 24.3. The fourth-order valence-electron chi connectivity index (χ4n) is 5.16. The summed E-state index contributed by atoms with van der Waals surface area (Å²) in [7, 11) is -3.44. The van der Waals surface area contributed by atoms with Crippen LogP contribution in [0.3, 0.4) is 0 Å². The molecule has 6 aromatic rings. The van der Waals surface area contributed by atoms with Gasteiger partial charge in [0.2, 0.25) is 15.9 Å². The number of aromatic amines is 2. The second kappa shape index (κ2) is 11.6. The van der Waals surface area contributed by atoms with Gasteiger partial charge < -0.3 is 10.3 Å². The molecular weight excluding hydrogens is 581 g/mol. The summed E-state index contributed by atoms with van der Waals surface area (Å²) in [6, 6.07) is 16.0. The molecule has 0 fully saturated rings. The molecule has 2 aromatic carbocycles. The minimum Gasteiger partial charge on any atom is -0.353 e. The van der Waals surface area contributed by atoms with E-state index in [1.807, 2.05) is 50.2 Å². The summed E-state index contributed by atoms with van der Waals surface area (Å²) in [4.78, 5) is 24.6. The summed E-state index contributed by atoms with van der Waals surface area (Å²) in [5.41, 5.74) is 6.97.